The summed E-state index contributed by atoms with van der Waals surface area (Å²) in [6.07, 6.45) is 3.29. The third-order valence-electron chi connectivity index (χ3n) is 2.95. The van der Waals surface area contributed by atoms with Gasteiger partial charge in [0.2, 0.25) is 0 Å². The standard InChI is InChI=1S/C15H17N3O2/c1-18(13-6-8-17-9-7-13)15(19)11-20-14-4-2-12(10-16)3-5-14/h2-9H,10-11,16H2,1H3. The van der Waals surface area contributed by atoms with Gasteiger partial charge in [0, 0.05) is 31.7 Å². The fraction of sp³-hybridized carbons (Fsp3) is 0.200. The Morgan fingerprint density at radius 2 is 1.85 bits per heavy atom. The van der Waals surface area contributed by atoms with Crippen molar-refractivity contribution in [3.05, 3.63) is 54.4 Å². The summed E-state index contributed by atoms with van der Waals surface area (Å²) >= 11 is 0. The number of anilines is 1. The first-order valence-corrected chi connectivity index (χ1v) is 6.29. The highest BCUT2D eigenvalue weighted by Crippen LogP contribution is 2.13. The van der Waals surface area contributed by atoms with Gasteiger partial charge in [-0.1, -0.05) is 12.1 Å². The lowest BCUT2D eigenvalue weighted by atomic mass is 10.2. The molecule has 1 aromatic heterocycles. The number of likely N-dealkylation sites (N-methyl/N-ethyl adjacent to an activating group) is 1. The highest BCUT2D eigenvalue weighted by atomic mass is 16.5. The minimum atomic E-state index is -0.126. The molecule has 0 aliphatic rings. The summed E-state index contributed by atoms with van der Waals surface area (Å²) in [5.41, 5.74) is 7.33. The number of pyridine rings is 1. The van der Waals surface area contributed by atoms with Crippen molar-refractivity contribution in [3.63, 3.8) is 0 Å². The number of amides is 1. The van der Waals surface area contributed by atoms with Gasteiger partial charge in [0.1, 0.15) is 5.75 Å². The minimum absolute atomic E-state index is 0.0131. The number of nitrogens with zero attached hydrogens (tertiary/aromatic N) is 2. The Morgan fingerprint density at radius 3 is 2.45 bits per heavy atom. The van der Waals surface area contributed by atoms with Crippen molar-refractivity contribution in [1.82, 2.24) is 4.98 Å². The van der Waals surface area contributed by atoms with Crippen LogP contribution in [0.3, 0.4) is 0 Å². The van der Waals surface area contributed by atoms with Gasteiger partial charge >= 0.3 is 0 Å². The molecule has 0 saturated carbocycles. The fourth-order valence-corrected chi connectivity index (χ4v) is 1.68. The molecule has 5 heteroatoms. The Balaban J connectivity index is 1.91. The molecule has 0 saturated heterocycles. The van der Waals surface area contributed by atoms with Crippen molar-refractivity contribution in [1.29, 1.82) is 0 Å². The lowest BCUT2D eigenvalue weighted by Crippen LogP contribution is -2.31. The van der Waals surface area contributed by atoms with Crippen LogP contribution in [0.15, 0.2) is 48.8 Å². The zero-order chi connectivity index (χ0) is 14.4. The number of carbonyl (C=O) groups excluding carboxylic acids is 1. The average Bonchev–Trinajstić information content (AvgIpc) is 2.53. The van der Waals surface area contributed by atoms with Crippen molar-refractivity contribution < 1.29 is 9.53 Å². The predicted octanol–water partition coefficient (Wildman–Crippen LogP) is 1.58. The van der Waals surface area contributed by atoms with Crippen LogP contribution in [0, 0.1) is 0 Å². The molecule has 5 nitrogen and oxygen atoms in total. The van der Waals surface area contributed by atoms with Crippen LogP contribution in [0.2, 0.25) is 0 Å². The molecular weight excluding hydrogens is 254 g/mol. The van der Waals surface area contributed by atoms with E-state index in [1.165, 1.54) is 4.90 Å². The molecule has 0 aliphatic heterocycles. The first-order valence-electron chi connectivity index (χ1n) is 6.29. The Morgan fingerprint density at radius 1 is 1.20 bits per heavy atom. The fourth-order valence-electron chi connectivity index (χ4n) is 1.68. The van der Waals surface area contributed by atoms with Gasteiger partial charge in [-0.25, -0.2) is 0 Å². The van der Waals surface area contributed by atoms with E-state index in [2.05, 4.69) is 4.98 Å². The van der Waals surface area contributed by atoms with Crippen LogP contribution >= 0.6 is 0 Å². The van der Waals surface area contributed by atoms with Crippen molar-refractivity contribution in [3.8, 4) is 5.75 Å². The number of rotatable bonds is 5. The van der Waals surface area contributed by atoms with Crippen LogP contribution in [-0.2, 0) is 11.3 Å². The van der Waals surface area contributed by atoms with E-state index in [1.807, 2.05) is 24.3 Å². The van der Waals surface area contributed by atoms with Gasteiger partial charge in [0.15, 0.2) is 6.61 Å². The number of carbonyl (C=O) groups is 1. The minimum Gasteiger partial charge on any atom is -0.484 e. The van der Waals surface area contributed by atoms with Crippen LogP contribution < -0.4 is 15.4 Å². The zero-order valence-electron chi connectivity index (χ0n) is 11.3. The van der Waals surface area contributed by atoms with E-state index >= 15 is 0 Å². The number of hydrogen-bond donors (Lipinski definition) is 1. The maximum absolute atomic E-state index is 12.0. The van der Waals surface area contributed by atoms with Crippen LogP contribution in [0.5, 0.6) is 5.75 Å². The summed E-state index contributed by atoms with van der Waals surface area (Å²) in [5, 5.41) is 0. The third-order valence-corrected chi connectivity index (χ3v) is 2.95. The molecule has 0 fully saturated rings. The van der Waals surface area contributed by atoms with Crippen molar-refractivity contribution in [2.75, 3.05) is 18.6 Å². The molecule has 0 radical (unpaired) electrons. The van der Waals surface area contributed by atoms with Crippen molar-refractivity contribution in [2.24, 2.45) is 5.73 Å². The monoisotopic (exact) mass is 271 g/mol. The molecule has 2 aromatic rings. The molecule has 0 spiro atoms. The SMILES string of the molecule is CN(C(=O)COc1ccc(CN)cc1)c1ccncc1. The van der Waals surface area contributed by atoms with Crippen LogP contribution in [0.25, 0.3) is 0 Å². The van der Waals surface area contributed by atoms with Gasteiger partial charge in [-0.3, -0.25) is 9.78 Å². The molecule has 1 aromatic carbocycles. The maximum Gasteiger partial charge on any atom is 0.264 e. The van der Waals surface area contributed by atoms with Gasteiger partial charge in [0.05, 0.1) is 0 Å². The van der Waals surface area contributed by atoms with Crippen molar-refractivity contribution in [2.45, 2.75) is 6.54 Å². The highest BCUT2D eigenvalue weighted by molar-refractivity contribution is 5.93. The molecule has 0 bridgehead atoms. The molecule has 20 heavy (non-hydrogen) atoms. The van der Waals surface area contributed by atoms with Gasteiger partial charge < -0.3 is 15.4 Å². The lowest BCUT2D eigenvalue weighted by molar-refractivity contribution is -0.120. The number of aromatic nitrogens is 1. The molecule has 1 amide bonds. The largest absolute Gasteiger partial charge is 0.484 e. The topological polar surface area (TPSA) is 68.5 Å². The Hall–Kier alpha value is -2.40. The summed E-state index contributed by atoms with van der Waals surface area (Å²) in [4.78, 5) is 17.5. The van der Waals surface area contributed by atoms with E-state index in [9.17, 15) is 4.79 Å². The Bertz CT molecular complexity index is 555. The summed E-state index contributed by atoms with van der Waals surface area (Å²) in [6, 6.07) is 10.9. The molecule has 1 heterocycles. The normalized spacial score (nSPS) is 10.1. The average molecular weight is 271 g/mol. The summed E-state index contributed by atoms with van der Waals surface area (Å²) in [7, 11) is 1.71. The summed E-state index contributed by atoms with van der Waals surface area (Å²) in [6.45, 7) is 0.477. The zero-order valence-corrected chi connectivity index (χ0v) is 11.3. The maximum atomic E-state index is 12.0. The molecule has 0 unspecified atom stereocenters. The smallest absolute Gasteiger partial charge is 0.264 e. The molecule has 104 valence electrons. The quantitative estimate of drug-likeness (QED) is 0.896. The first-order chi connectivity index (χ1) is 9.70. The predicted molar refractivity (Wildman–Crippen MR) is 77.5 cm³/mol. The highest BCUT2D eigenvalue weighted by Gasteiger charge is 2.11. The van der Waals surface area contributed by atoms with Crippen LogP contribution in [0.4, 0.5) is 5.69 Å². The van der Waals surface area contributed by atoms with Gasteiger partial charge in [-0.05, 0) is 29.8 Å². The van der Waals surface area contributed by atoms with E-state index in [0.717, 1.165) is 11.3 Å². The van der Waals surface area contributed by atoms with E-state index in [-0.39, 0.29) is 12.5 Å². The molecular formula is C15H17N3O2. The van der Waals surface area contributed by atoms with Crippen LogP contribution in [-0.4, -0.2) is 24.5 Å². The second kappa shape index (κ2) is 6.68. The summed E-state index contributed by atoms with van der Waals surface area (Å²) in [5.74, 6) is 0.526. The third kappa shape index (κ3) is 3.55. The number of ether oxygens (including phenoxy) is 1. The summed E-state index contributed by atoms with van der Waals surface area (Å²) < 4.78 is 5.46. The lowest BCUT2D eigenvalue weighted by Gasteiger charge is -2.17. The van der Waals surface area contributed by atoms with Gasteiger partial charge in [0.25, 0.3) is 5.91 Å². The Kier molecular flexibility index (Phi) is 4.68. The second-order valence-corrected chi connectivity index (χ2v) is 4.29. The van der Waals surface area contributed by atoms with Crippen molar-refractivity contribution >= 4 is 11.6 Å². The van der Waals surface area contributed by atoms with E-state index in [4.69, 9.17) is 10.5 Å². The molecule has 2 rings (SSSR count). The Labute approximate surface area is 118 Å². The second-order valence-electron chi connectivity index (χ2n) is 4.29. The van der Waals surface area contributed by atoms with Gasteiger partial charge in [-0.2, -0.15) is 0 Å². The van der Waals surface area contributed by atoms with E-state index in [0.29, 0.717) is 12.3 Å². The molecule has 0 aliphatic carbocycles. The van der Waals surface area contributed by atoms with Gasteiger partial charge in [-0.15, -0.1) is 0 Å². The first kappa shape index (κ1) is 14.0. The molecule has 0 atom stereocenters. The van der Waals surface area contributed by atoms with Crippen LogP contribution in [0.1, 0.15) is 5.56 Å². The number of hydrogen-bond acceptors (Lipinski definition) is 4. The molecule has 2 N–H and O–H groups in total. The van der Waals surface area contributed by atoms with E-state index in [1.54, 1.807) is 31.6 Å². The number of nitrogens with two attached hydrogens (primary N) is 1. The number of benzene rings is 1. The van der Waals surface area contributed by atoms with E-state index < -0.39 is 0 Å².